The molecular formula is C19H21NO5. The van der Waals surface area contributed by atoms with E-state index in [9.17, 15) is 9.59 Å². The Morgan fingerprint density at radius 2 is 1.72 bits per heavy atom. The van der Waals surface area contributed by atoms with Crippen molar-refractivity contribution in [2.45, 2.75) is 13.5 Å². The predicted octanol–water partition coefficient (Wildman–Crippen LogP) is 2.49. The van der Waals surface area contributed by atoms with Crippen molar-refractivity contribution in [3.63, 3.8) is 0 Å². The summed E-state index contributed by atoms with van der Waals surface area (Å²) in [6.45, 7) is 1.92. The topological polar surface area (TPSA) is 73.9 Å². The maximum absolute atomic E-state index is 12.1. The highest BCUT2D eigenvalue weighted by molar-refractivity contribution is 5.96. The van der Waals surface area contributed by atoms with E-state index in [4.69, 9.17) is 14.2 Å². The van der Waals surface area contributed by atoms with Gasteiger partial charge in [-0.25, -0.2) is 0 Å². The number of methoxy groups -OCH3 is 2. The SMILES string of the molecule is COc1ccc(C(=O)NCC(=O)OCc2ccccc2C)cc1OC. The Balaban J connectivity index is 1.87. The third-order valence-corrected chi connectivity index (χ3v) is 3.69. The highest BCUT2D eigenvalue weighted by Crippen LogP contribution is 2.27. The molecule has 0 saturated heterocycles. The van der Waals surface area contributed by atoms with Crippen molar-refractivity contribution in [1.29, 1.82) is 0 Å². The Morgan fingerprint density at radius 1 is 1.00 bits per heavy atom. The van der Waals surface area contributed by atoms with Gasteiger partial charge in [-0.3, -0.25) is 9.59 Å². The minimum Gasteiger partial charge on any atom is -0.493 e. The van der Waals surface area contributed by atoms with Crippen LogP contribution in [0, 0.1) is 6.92 Å². The molecule has 2 aromatic rings. The fourth-order valence-electron chi connectivity index (χ4n) is 2.21. The zero-order valence-corrected chi connectivity index (χ0v) is 14.5. The monoisotopic (exact) mass is 343 g/mol. The van der Waals surface area contributed by atoms with Gasteiger partial charge in [-0.15, -0.1) is 0 Å². The zero-order chi connectivity index (χ0) is 18.2. The van der Waals surface area contributed by atoms with Crippen LogP contribution < -0.4 is 14.8 Å². The van der Waals surface area contributed by atoms with Crippen molar-refractivity contribution in [3.05, 3.63) is 59.2 Å². The molecule has 0 aliphatic heterocycles. The summed E-state index contributed by atoms with van der Waals surface area (Å²) in [5, 5.41) is 2.53. The summed E-state index contributed by atoms with van der Waals surface area (Å²) < 4.78 is 15.5. The molecule has 0 aliphatic rings. The fraction of sp³-hybridized carbons (Fsp3) is 0.263. The summed E-state index contributed by atoms with van der Waals surface area (Å²) in [6, 6.07) is 12.4. The highest BCUT2D eigenvalue weighted by Gasteiger charge is 2.12. The lowest BCUT2D eigenvalue weighted by atomic mass is 10.1. The number of aryl methyl sites for hydroxylation is 1. The van der Waals surface area contributed by atoms with Crippen LogP contribution in [0.25, 0.3) is 0 Å². The first-order chi connectivity index (χ1) is 12.0. The van der Waals surface area contributed by atoms with E-state index in [1.807, 2.05) is 31.2 Å². The van der Waals surface area contributed by atoms with Crippen LogP contribution in [0.3, 0.4) is 0 Å². The molecule has 25 heavy (non-hydrogen) atoms. The van der Waals surface area contributed by atoms with Gasteiger partial charge in [-0.05, 0) is 36.2 Å². The molecule has 1 amide bonds. The highest BCUT2D eigenvalue weighted by atomic mass is 16.5. The second-order valence-corrected chi connectivity index (χ2v) is 5.34. The van der Waals surface area contributed by atoms with Gasteiger partial charge in [0.1, 0.15) is 13.2 Å². The van der Waals surface area contributed by atoms with Crippen molar-refractivity contribution >= 4 is 11.9 Å². The van der Waals surface area contributed by atoms with E-state index in [2.05, 4.69) is 5.32 Å². The predicted molar refractivity (Wildman–Crippen MR) is 92.9 cm³/mol. The van der Waals surface area contributed by atoms with Gasteiger partial charge >= 0.3 is 5.97 Å². The van der Waals surface area contributed by atoms with E-state index < -0.39 is 11.9 Å². The minimum atomic E-state index is -0.503. The number of benzene rings is 2. The fourth-order valence-corrected chi connectivity index (χ4v) is 2.21. The van der Waals surface area contributed by atoms with E-state index in [-0.39, 0.29) is 13.2 Å². The van der Waals surface area contributed by atoms with Crippen molar-refractivity contribution in [2.75, 3.05) is 20.8 Å². The van der Waals surface area contributed by atoms with Crippen LogP contribution in [0.15, 0.2) is 42.5 Å². The van der Waals surface area contributed by atoms with Gasteiger partial charge in [0.05, 0.1) is 14.2 Å². The number of nitrogens with one attached hydrogen (secondary N) is 1. The van der Waals surface area contributed by atoms with E-state index in [0.717, 1.165) is 11.1 Å². The van der Waals surface area contributed by atoms with E-state index >= 15 is 0 Å². The molecule has 0 aliphatic carbocycles. The van der Waals surface area contributed by atoms with Gasteiger partial charge in [-0.2, -0.15) is 0 Å². The third-order valence-electron chi connectivity index (χ3n) is 3.69. The molecular weight excluding hydrogens is 322 g/mol. The summed E-state index contributed by atoms with van der Waals surface area (Å²) >= 11 is 0. The van der Waals surface area contributed by atoms with Crippen LogP contribution in [0.1, 0.15) is 21.5 Å². The molecule has 1 N–H and O–H groups in total. The smallest absolute Gasteiger partial charge is 0.325 e. The number of carbonyl (C=O) groups is 2. The lowest BCUT2D eigenvalue weighted by Gasteiger charge is -2.10. The van der Waals surface area contributed by atoms with Crippen molar-refractivity contribution < 1.29 is 23.8 Å². The van der Waals surface area contributed by atoms with Gasteiger partial charge in [0.25, 0.3) is 5.91 Å². The minimum absolute atomic E-state index is 0.178. The normalized spacial score (nSPS) is 10.0. The molecule has 0 bridgehead atoms. The average Bonchev–Trinajstić information content (AvgIpc) is 2.64. The standard InChI is InChI=1S/C19H21NO5/c1-13-6-4-5-7-15(13)12-25-18(21)11-20-19(22)14-8-9-16(23-2)17(10-14)24-3/h4-10H,11-12H2,1-3H3,(H,20,22). The number of hydrogen-bond acceptors (Lipinski definition) is 5. The lowest BCUT2D eigenvalue weighted by Crippen LogP contribution is -2.30. The molecule has 132 valence electrons. The number of hydrogen-bond donors (Lipinski definition) is 1. The second-order valence-electron chi connectivity index (χ2n) is 5.34. The quantitative estimate of drug-likeness (QED) is 0.782. The van der Waals surface area contributed by atoms with Crippen molar-refractivity contribution in [3.8, 4) is 11.5 Å². The number of amides is 1. The summed E-state index contributed by atoms with van der Waals surface area (Å²) in [4.78, 5) is 23.9. The van der Waals surface area contributed by atoms with Gasteiger partial charge in [0, 0.05) is 5.56 Å². The van der Waals surface area contributed by atoms with Crippen LogP contribution >= 0.6 is 0 Å². The van der Waals surface area contributed by atoms with E-state index in [1.165, 1.54) is 14.2 Å². The zero-order valence-electron chi connectivity index (χ0n) is 14.5. The van der Waals surface area contributed by atoms with Crippen LogP contribution in [-0.4, -0.2) is 32.6 Å². The van der Waals surface area contributed by atoms with Crippen LogP contribution in [-0.2, 0) is 16.1 Å². The average molecular weight is 343 g/mol. The van der Waals surface area contributed by atoms with Gasteiger partial charge in [0.15, 0.2) is 11.5 Å². The van der Waals surface area contributed by atoms with Gasteiger partial charge in [0.2, 0.25) is 0 Å². The molecule has 0 heterocycles. The molecule has 6 nitrogen and oxygen atoms in total. The summed E-state index contributed by atoms with van der Waals surface area (Å²) in [5.41, 5.74) is 2.34. The number of carbonyl (C=O) groups excluding carboxylic acids is 2. The third kappa shape index (κ3) is 4.97. The summed E-state index contributed by atoms with van der Waals surface area (Å²) in [5.74, 6) is 0.0693. The van der Waals surface area contributed by atoms with Crippen LogP contribution in [0.4, 0.5) is 0 Å². The maximum atomic E-state index is 12.1. The number of rotatable bonds is 7. The Labute approximate surface area is 146 Å². The first-order valence-electron chi connectivity index (χ1n) is 7.75. The number of esters is 1. The number of ether oxygens (including phenoxy) is 3. The molecule has 0 aromatic heterocycles. The molecule has 0 radical (unpaired) electrons. The Bertz CT molecular complexity index is 757. The van der Waals surface area contributed by atoms with Gasteiger partial charge < -0.3 is 19.5 Å². The van der Waals surface area contributed by atoms with Crippen molar-refractivity contribution in [2.24, 2.45) is 0 Å². The molecule has 2 aromatic carbocycles. The molecule has 2 rings (SSSR count). The molecule has 0 spiro atoms. The van der Waals surface area contributed by atoms with E-state index in [0.29, 0.717) is 17.1 Å². The Morgan fingerprint density at radius 3 is 2.40 bits per heavy atom. The summed E-state index contributed by atoms with van der Waals surface area (Å²) in [6.07, 6.45) is 0. The lowest BCUT2D eigenvalue weighted by molar-refractivity contribution is -0.143. The van der Waals surface area contributed by atoms with Gasteiger partial charge in [-0.1, -0.05) is 24.3 Å². The second kappa shape index (κ2) is 8.73. The molecule has 0 fully saturated rings. The molecule has 6 heteroatoms. The van der Waals surface area contributed by atoms with E-state index in [1.54, 1.807) is 18.2 Å². The first kappa shape index (κ1) is 18.3. The first-order valence-corrected chi connectivity index (χ1v) is 7.75. The molecule has 0 atom stereocenters. The Kier molecular flexibility index (Phi) is 6.39. The van der Waals surface area contributed by atoms with Crippen molar-refractivity contribution in [1.82, 2.24) is 5.32 Å². The largest absolute Gasteiger partial charge is 0.493 e. The molecule has 0 unspecified atom stereocenters. The summed E-state index contributed by atoms with van der Waals surface area (Å²) in [7, 11) is 3.00. The maximum Gasteiger partial charge on any atom is 0.325 e. The Hall–Kier alpha value is -3.02. The van der Waals surface area contributed by atoms with Crippen LogP contribution in [0.2, 0.25) is 0 Å². The van der Waals surface area contributed by atoms with Crippen LogP contribution in [0.5, 0.6) is 11.5 Å². The molecule has 0 saturated carbocycles.